The molecule has 0 unspecified atom stereocenters. The molecule has 6 nitrogen and oxygen atoms in total. The van der Waals surface area contributed by atoms with Crippen LogP contribution < -0.4 is 9.47 Å². The Hall–Kier alpha value is -3.77. The third-order valence-corrected chi connectivity index (χ3v) is 6.85. The minimum atomic E-state index is -0.409. The predicted molar refractivity (Wildman–Crippen MR) is 142 cm³/mol. The van der Waals surface area contributed by atoms with Gasteiger partial charge in [-0.3, -0.25) is 4.90 Å². The largest absolute Gasteiger partial charge is 0.496 e. The maximum atomic E-state index is 12.1. The van der Waals surface area contributed by atoms with Crippen LogP contribution in [0.5, 0.6) is 11.5 Å². The number of esters is 1. The third kappa shape index (κ3) is 5.09. The smallest absolute Gasteiger partial charge is 0.341 e. The molecule has 1 fully saturated rings. The first kappa shape index (κ1) is 23.9. The number of ether oxygens (including phenoxy) is 3. The van der Waals surface area contributed by atoms with Crippen molar-refractivity contribution in [3.8, 4) is 22.8 Å². The average Bonchev–Trinajstić information content (AvgIpc) is 3.57. The Morgan fingerprint density at radius 3 is 2.44 bits per heavy atom. The summed E-state index contributed by atoms with van der Waals surface area (Å²) in [6.45, 7) is 4.69. The van der Waals surface area contributed by atoms with Crippen LogP contribution in [0.3, 0.4) is 0 Å². The SMILES string of the molecule is COC(=O)c1ccc(Cn2c(-c3ccc(OCCN4CCCC4)cc3)cc3ccccc32)cc1OC. The van der Waals surface area contributed by atoms with E-state index in [1.165, 1.54) is 38.4 Å². The molecule has 1 aromatic heterocycles. The van der Waals surface area contributed by atoms with E-state index in [0.717, 1.165) is 34.6 Å². The fourth-order valence-corrected chi connectivity index (χ4v) is 4.94. The van der Waals surface area contributed by atoms with E-state index in [9.17, 15) is 4.79 Å². The number of nitrogens with zero attached hydrogens (tertiary/aromatic N) is 2. The van der Waals surface area contributed by atoms with Gasteiger partial charge >= 0.3 is 5.97 Å². The zero-order chi connectivity index (χ0) is 24.9. The fraction of sp³-hybridized carbons (Fsp3) is 0.300. The highest BCUT2D eigenvalue weighted by Gasteiger charge is 2.16. The number of methoxy groups -OCH3 is 2. The van der Waals surface area contributed by atoms with Crippen molar-refractivity contribution < 1.29 is 19.0 Å². The molecule has 6 heteroatoms. The van der Waals surface area contributed by atoms with Crippen LogP contribution in [0.1, 0.15) is 28.8 Å². The summed E-state index contributed by atoms with van der Waals surface area (Å²) in [6, 6.07) is 24.6. The van der Waals surface area contributed by atoms with Gasteiger partial charge in [0, 0.05) is 29.7 Å². The summed E-state index contributed by atoms with van der Waals surface area (Å²) in [4.78, 5) is 14.5. The van der Waals surface area contributed by atoms with Crippen molar-refractivity contribution >= 4 is 16.9 Å². The molecular weight excluding hydrogens is 452 g/mol. The third-order valence-electron chi connectivity index (χ3n) is 6.85. The standard InChI is InChI=1S/C30H32N2O4/c1-34-29-19-22(9-14-26(29)30(33)35-2)21-32-27-8-4-3-7-24(27)20-28(32)23-10-12-25(13-11-23)36-18-17-31-15-5-6-16-31/h3-4,7-14,19-20H,5-6,15-18,21H2,1-2H3. The molecule has 0 atom stereocenters. The van der Waals surface area contributed by atoms with Crippen molar-refractivity contribution in [2.24, 2.45) is 0 Å². The van der Waals surface area contributed by atoms with Crippen LogP contribution in [0.25, 0.3) is 22.2 Å². The van der Waals surface area contributed by atoms with Gasteiger partial charge in [0.2, 0.25) is 0 Å². The van der Waals surface area contributed by atoms with Crippen LogP contribution in [-0.4, -0.2) is 55.9 Å². The fourth-order valence-electron chi connectivity index (χ4n) is 4.94. The monoisotopic (exact) mass is 484 g/mol. The first-order chi connectivity index (χ1) is 17.7. The minimum Gasteiger partial charge on any atom is -0.496 e. The maximum Gasteiger partial charge on any atom is 0.341 e. The van der Waals surface area contributed by atoms with E-state index in [0.29, 0.717) is 24.5 Å². The molecule has 1 aliphatic heterocycles. The summed E-state index contributed by atoms with van der Waals surface area (Å²) in [5.74, 6) is 0.991. The molecule has 0 saturated carbocycles. The summed E-state index contributed by atoms with van der Waals surface area (Å²) in [5, 5.41) is 1.18. The molecule has 36 heavy (non-hydrogen) atoms. The number of rotatable bonds is 9. The van der Waals surface area contributed by atoms with Crippen molar-refractivity contribution in [2.45, 2.75) is 19.4 Å². The Balaban J connectivity index is 1.40. The van der Waals surface area contributed by atoms with Gasteiger partial charge in [0.05, 0.1) is 14.2 Å². The van der Waals surface area contributed by atoms with Gasteiger partial charge in [-0.1, -0.05) is 24.3 Å². The molecule has 3 aromatic carbocycles. The van der Waals surface area contributed by atoms with Gasteiger partial charge in [0.15, 0.2) is 0 Å². The van der Waals surface area contributed by atoms with Crippen LogP contribution >= 0.6 is 0 Å². The van der Waals surface area contributed by atoms with E-state index in [1.807, 2.05) is 12.1 Å². The molecular formula is C30H32N2O4. The molecule has 1 aliphatic rings. The number of fused-ring (bicyclic) bond motifs is 1. The number of carbonyl (C=O) groups excluding carboxylic acids is 1. The average molecular weight is 485 g/mol. The predicted octanol–water partition coefficient (Wildman–Crippen LogP) is 5.63. The highest BCUT2D eigenvalue weighted by Crippen LogP contribution is 2.31. The van der Waals surface area contributed by atoms with Crippen LogP contribution in [0.15, 0.2) is 72.8 Å². The number of benzene rings is 3. The lowest BCUT2D eigenvalue weighted by Crippen LogP contribution is -2.25. The van der Waals surface area contributed by atoms with Crippen LogP contribution in [-0.2, 0) is 11.3 Å². The Bertz CT molecular complexity index is 1340. The summed E-state index contributed by atoms with van der Waals surface area (Å²) in [6.07, 6.45) is 2.59. The zero-order valence-electron chi connectivity index (χ0n) is 20.9. The van der Waals surface area contributed by atoms with Gasteiger partial charge < -0.3 is 18.8 Å². The van der Waals surface area contributed by atoms with Crippen LogP contribution in [0.2, 0.25) is 0 Å². The summed E-state index contributed by atoms with van der Waals surface area (Å²) >= 11 is 0. The lowest BCUT2D eigenvalue weighted by atomic mass is 10.1. The lowest BCUT2D eigenvalue weighted by molar-refractivity contribution is 0.0597. The molecule has 0 spiro atoms. The maximum absolute atomic E-state index is 12.1. The summed E-state index contributed by atoms with van der Waals surface area (Å²) in [5.41, 5.74) is 4.84. The van der Waals surface area contributed by atoms with Crippen molar-refractivity contribution in [1.29, 1.82) is 0 Å². The molecule has 186 valence electrons. The first-order valence-electron chi connectivity index (χ1n) is 12.5. The molecule has 1 saturated heterocycles. The number of aromatic nitrogens is 1. The molecule has 0 radical (unpaired) electrons. The van der Waals surface area contributed by atoms with Gasteiger partial charge in [-0.25, -0.2) is 4.79 Å². The Morgan fingerprint density at radius 1 is 0.917 bits per heavy atom. The summed E-state index contributed by atoms with van der Waals surface area (Å²) < 4.78 is 18.7. The quantitative estimate of drug-likeness (QED) is 0.288. The topological polar surface area (TPSA) is 52.9 Å². The van der Waals surface area contributed by atoms with Gasteiger partial charge in [0.25, 0.3) is 0 Å². The van der Waals surface area contributed by atoms with Gasteiger partial charge in [0.1, 0.15) is 23.7 Å². The van der Waals surface area contributed by atoms with Gasteiger partial charge in [-0.2, -0.15) is 0 Å². The van der Waals surface area contributed by atoms with Gasteiger partial charge in [-0.15, -0.1) is 0 Å². The second kappa shape index (κ2) is 10.9. The van der Waals surface area contributed by atoms with E-state index in [-0.39, 0.29) is 0 Å². The number of likely N-dealkylation sites (tertiary alicyclic amines) is 1. The van der Waals surface area contributed by atoms with E-state index in [2.05, 4.69) is 64.1 Å². The van der Waals surface area contributed by atoms with Crippen LogP contribution in [0, 0.1) is 0 Å². The molecule has 4 aromatic rings. The number of hydrogen-bond acceptors (Lipinski definition) is 5. The normalized spacial score (nSPS) is 13.7. The van der Waals surface area contributed by atoms with E-state index < -0.39 is 5.97 Å². The Labute approximate surface area is 212 Å². The van der Waals surface area contributed by atoms with Crippen molar-refractivity contribution in [3.05, 3.63) is 83.9 Å². The molecule has 0 N–H and O–H groups in total. The second-order valence-corrected chi connectivity index (χ2v) is 9.12. The van der Waals surface area contributed by atoms with Crippen molar-refractivity contribution in [1.82, 2.24) is 9.47 Å². The van der Waals surface area contributed by atoms with Crippen molar-refractivity contribution in [2.75, 3.05) is 40.5 Å². The van der Waals surface area contributed by atoms with Gasteiger partial charge in [-0.05, 0) is 85.6 Å². The number of carbonyl (C=O) groups is 1. The molecule has 2 heterocycles. The van der Waals surface area contributed by atoms with E-state index >= 15 is 0 Å². The second-order valence-electron chi connectivity index (χ2n) is 9.12. The molecule has 0 amide bonds. The van der Waals surface area contributed by atoms with Crippen molar-refractivity contribution in [3.63, 3.8) is 0 Å². The highest BCUT2D eigenvalue weighted by molar-refractivity contribution is 5.92. The first-order valence-corrected chi connectivity index (χ1v) is 12.5. The zero-order valence-corrected chi connectivity index (χ0v) is 20.9. The highest BCUT2D eigenvalue weighted by atomic mass is 16.5. The Morgan fingerprint density at radius 2 is 1.69 bits per heavy atom. The molecule has 0 bridgehead atoms. The number of hydrogen-bond donors (Lipinski definition) is 0. The summed E-state index contributed by atoms with van der Waals surface area (Å²) in [7, 11) is 2.94. The van der Waals surface area contributed by atoms with Crippen LogP contribution in [0.4, 0.5) is 0 Å². The lowest BCUT2D eigenvalue weighted by Gasteiger charge is -2.15. The van der Waals surface area contributed by atoms with E-state index in [1.54, 1.807) is 13.2 Å². The minimum absolute atomic E-state index is 0.409. The van der Waals surface area contributed by atoms with E-state index in [4.69, 9.17) is 14.2 Å². The molecule has 0 aliphatic carbocycles. The number of para-hydroxylation sites is 1. The Kier molecular flexibility index (Phi) is 7.23. The molecule has 5 rings (SSSR count).